The van der Waals surface area contributed by atoms with Gasteiger partial charge in [0, 0.05) is 46.2 Å². The number of hydrogen-bond acceptors (Lipinski definition) is 11. The van der Waals surface area contributed by atoms with E-state index < -0.39 is 75.1 Å². The van der Waals surface area contributed by atoms with Gasteiger partial charge in [-0.15, -0.1) is 9.45 Å². The number of alkyl carbamates (subject to hydrolysis) is 1. The number of epoxide rings is 1. The summed E-state index contributed by atoms with van der Waals surface area (Å²) >= 11 is 12.1. The van der Waals surface area contributed by atoms with Crippen molar-refractivity contribution in [3.8, 4) is 5.75 Å². The number of carbonyl (C=O) groups excluding carboxylic acids is 4. The van der Waals surface area contributed by atoms with Crippen molar-refractivity contribution < 1.29 is 48.0 Å². The molecule has 16 heteroatoms. The molecule has 13 nitrogen and oxygen atoms in total. The minimum absolute atomic E-state index is 0.0548. The molecule has 1 aromatic carbocycles. The Hall–Kier alpha value is -3.08. The van der Waals surface area contributed by atoms with Crippen molar-refractivity contribution in [3.63, 3.8) is 0 Å². The van der Waals surface area contributed by atoms with Crippen LogP contribution < -0.4 is 15.0 Å². The van der Waals surface area contributed by atoms with E-state index in [-0.39, 0.29) is 29.5 Å². The van der Waals surface area contributed by atoms with Crippen molar-refractivity contribution in [2.24, 2.45) is 5.92 Å². The van der Waals surface area contributed by atoms with Gasteiger partial charge in [0.15, 0.2) is 5.72 Å². The fourth-order valence-electron chi connectivity index (χ4n) is 6.60. The first kappa shape index (κ1) is 40.7. The standard InChI is InChI=1S/C35H48ClN3O10S2/c1-19-11-10-12-27(46-8)35(44)17-26(47-33(43)37-35)20(2)31-34(4,49-31)28(48-32(42)24(18-51(9)50)38(5)21(3)40)16-29(41)39(6)23-14-22(13-19)15-25(45-7)30(23)36/h10-12,14-15,20,24,26-28,31,44H,13,16-18H2,1-9H3,(H,37,43)/b12-10+,19-11+/t20-,24-,26+,27-,28+,31?,34+,35+,51?/m1/s1. The Labute approximate surface area is 311 Å². The van der Waals surface area contributed by atoms with Gasteiger partial charge in [-0.25, -0.2) is 9.59 Å². The number of carbonyl (C=O) groups is 4. The molecule has 0 radical (unpaired) electrons. The molecule has 3 heterocycles. The Balaban J connectivity index is 1.81. The highest BCUT2D eigenvalue weighted by molar-refractivity contribution is 8.28. The van der Waals surface area contributed by atoms with E-state index >= 15 is 0 Å². The zero-order chi connectivity index (χ0) is 38.0. The molecule has 0 aliphatic carbocycles. The lowest BCUT2D eigenvalue weighted by Gasteiger charge is -2.42. The van der Waals surface area contributed by atoms with E-state index in [4.69, 9.17) is 46.5 Å². The molecule has 2 N–H and O–H groups in total. The summed E-state index contributed by atoms with van der Waals surface area (Å²) in [6.07, 6.45) is 2.65. The molecule has 2 unspecified atom stereocenters. The summed E-state index contributed by atoms with van der Waals surface area (Å²) in [5, 5.41) is 14.4. The van der Waals surface area contributed by atoms with Crippen molar-refractivity contribution in [1.29, 1.82) is 0 Å². The number of benzene rings is 1. The van der Waals surface area contributed by atoms with Crippen LogP contribution in [0, 0.1) is 5.92 Å². The zero-order valence-corrected chi connectivity index (χ0v) is 32.8. The van der Waals surface area contributed by atoms with Crippen LogP contribution >= 0.6 is 11.6 Å². The summed E-state index contributed by atoms with van der Waals surface area (Å²) in [5.74, 6) is -1.52. The second kappa shape index (κ2) is 16.3. The summed E-state index contributed by atoms with van der Waals surface area (Å²) < 4.78 is 29.2. The average Bonchev–Trinajstić information content (AvgIpc) is 3.75. The van der Waals surface area contributed by atoms with Crippen molar-refractivity contribution in [2.75, 3.05) is 45.2 Å². The van der Waals surface area contributed by atoms with Crippen LogP contribution in [-0.2, 0) is 60.4 Å². The van der Waals surface area contributed by atoms with Gasteiger partial charge in [-0.1, -0.05) is 53.5 Å². The summed E-state index contributed by atoms with van der Waals surface area (Å²) in [7, 11) is 5.33. The molecule has 3 amide bonds. The van der Waals surface area contributed by atoms with Gasteiger partial charge in [-0.05, 0) is 44.2 Å². The number of allylic oxidation sites excluding steroid dienone is 3. The maximum Gasteiger partial charge on any atom is 0.409 e. The van der Waals surface area contributed by atoms with E-state index in [2.05, 4.69) is 5.32 Å². The highest BCUT2D eigenvalue weighted by atomic mass is 35.5. The van der Waals surface area contributed by atoms with E-state index in [1.807, 2.05) is 13.0 Å². The second-order valence-electron chi connectivity index (χ2n) is 13.6. The van der Waals surface area contributed by atoms with Crippen LogP contribution in [0.25, 0.3) is 0 Å². The number of hydrogen-bond donors (Lipinski definition) is 2. The highest BCUT2D eigenvalue weighted by Gasteiger charge is 2.64. The van der Waals surface area contributed by atoms with E-state index in [0.29, 0.717) is 17.9 Å². The number of ether oxygens (including phenoxy) is 5. The van der Waals surface area contributed by atoms with Crippen molar-refractivity contribution in [2.45, 2.75) is 88.7 Å². The minimum atomic E-state index is -1.83. The molecule has 2 fully saturated rings. The molecule has 3 aliphatic rings. The normalized spacial score (nSPS) is 32.6. The summed E-state index contributed by atoms with van der Waals surface area (Å²) in [6.45, 7) is 6.77. The maximum atomic E-state index is 14.1. The summed E-state index contributed by atoms with van der Waals surface area (Å²) in [6, 6.07) is 2.58. The molecule has 4 bridgehead atoms. The van der Waals surface area contributed by atoms with Crippen LogP contribution in [0.1, 0.15) is 46.1 Å². The SMILES string of the molecule is COc1cc2cc(c1Cl)N(C)C(=O)C[C@H](OC(=O)[C@@H](CS(C)=S)N(C)C(C)=O)[C@]1(C)OC1[C@H](C)[C@@H]1C[C@@](O)(NC(=O)O1)[C@H](OC)/C=C/C=C(\C)C2. The Morgan fingerprint density at radius 2 is 1.98 bits per heavy atom. The molecular formula is C35H48ClN3O10S2. The van der Waals surface area contributed by atoms with Crippen LogP contribution in [0.2, 0.25) is 5.02 Å². The van der Waals surface area contributed by atoms with E-state index in [1.54, 1.807) is 51.4 Å². The maximum absolute atomic E-state index is 14.1. The fourth-order valence-corrected chi connectivity index (χ4v) is 8.11. The molecule has 0 spiro atoms. The van der Waals surface area contributed by atoms with Gasteiger partial charge in [0.25, 0.3) is 0 Å². The molecule has 51 heavy (non-hydrogen) atoms. The van der Waals surface area contributed by atoms with Crippen LogP contribution in [0.3, 0.4) is 0 Å². The Kier molecular flexibility index (Phi) is 13.0. The number of likely N-dealkylation sites (N-methyl/N-ethyl adjacent to an activating group) is 1. The number of amides is 3. The Morgan fingerprint density at radius 1 is 1.29 bits per heavy atom. The number of aliphatic hydroxyl groups is 1. The molecule has 0 saturated carbocycles. The molecule has 282 valence electrons. The number of rotatable bonds is 7. The predicted molar refractivity (Wildman–Crippen MR) is 196 cm³/mol. The third-order valence-corrected chi connectivity index (χ3v) is 11.4. The number of anilines is 1. The number of halogens is 1. The Bertz CT molecular complexity index is 1620. The lowest BCUT2D eigenvalue weighted by Crippen LogP contribution is -2.63. The molecule has 3 aliphatic heterocycles. The summed E-state index contributed by atoms with van der Waals surface area (Å²) in [5.41, 5.74) is -0.941. The van der Waals surface area contributed by atoms with Gasteiger partial charge in [-0.3, -0.25) is 14.9 Å². The number of methoxy groups -OCH3 is 2. The third-order valence-electron chi connectivity index (χ3n) is 9.84. The average molecular weight is 770 g/mol. The lowest BCUT2D eigenvalue weighted by atomic mass is 9.83. The second-order valence-corrected chi connectivity index (χ2v) is 17.2. The van der Waals surface area contributed by atoms with Gasteiger partial charge in [-0.2, -0.15) is 0 Å². The number of nitrogens with one attached hydrogen (secondary N) is 1. The first-order valence-electron chi connectivity index (χ1n) is 16.5. The molecule has 1 aromatic rings. The van der Waals surface area contributed by atoms with Crippen molar-refractivity contribution in [1.82, 2.24) is 10.2 Å². The smallest absolute Gasteiger partial charge is 0.409 e. The van der Waals surface area contributed by atoms with Gasteiger partial charge >= 0.3 is 12.1 Å². The van der Waals surface area contributed by atoms with Gasteiger partial charge in [0.2, 0.25) is 11.8 Å². The van der Waals surface area contributed by atoms with Gasteiger partial charge in [0.1, 0.15) is 40.7 Å². The lowest BCUT2D eigenvalue weighted by molar-refractivity contribution is -0.161. The van der Waals surface area contributed by atoms with Crippen LogP contribution in [0.4, 0.5) is 10.5 Å². The predicted octanol–water partition coefficient (Wildman–Crippen LogP) is 3.22. The van der Waals surface area contributed by atoms with Gasteiger partial charge in [0.05, 0.1) is 25.3 Å². The first-order valence-corrected chi connectivity index (χ1v) is 19.6. The molecule has 9 atom stereocenters. The van der Waals surface area contributed by atoms with Crippen molar-refractivity contribution in [3.05, 3.63) is 46.5 Å². The van der Waals surface area contributed by atoms with Crippen molar-refractivity contribution >= 4 is 61.8 Å². The molecule has 0 aromatic heterocycles. The highest BCUT2D eigenvalue weighted by Crippen LogP contribution is 2.49. The topological polar surface area (TPSA) is 156 Å². The largest absolute Gasteiger partial charge is 0.495 e. The quantitative estimate of drug-likeness (QED) is 0.310. The molecule has 2 saturated heterocycles. The van der Waals surface area contributed by atoms with Crippen LogP contribution in [-0.4, -0.2) is 116 Å². The monoisotopic (exact) mass is 769 g/mol. The zero-order valence-electron chi connectivity index (χ0n) is 30.4. The summed E-state index contributed by atoms with van der Waals surface area (Å²) in [4.78, 5) is 55.8. The van der Waals surface area contributed by atoms with Crippen LogP contribution in [0.5, 0.6) is 5.75 Å². The minimum Gasteiger partial charge on any atom is -0.495 e. The third kappa shape index (κ3) is 9.11. The first-order chi connectivity index (χ1) is 23.8. The van der Waals surface area contributed by atoms with E-state index in [1.165, 1.54) is 38.0 Å². The van der Waals surface area contributed by atoms with E-state index in [9.17, 15) is 24.3 Å². The Morgan fingerprint density at radius 3 is 2.59 bits per heavy atom. The fraction of sp³-hybridized carbons (Fsp3) is 0.600. The number of fused-ring (bicyclic) bond motifs is 5. The van der Waals surface area contributed by atoms with Gasteiger partial charge < -0.3 is 38.6 Å². The molecular weight excluding hydrogens is 722 g/mol. The molecule has 4 rings (SSSR count). The number of nitrogens with zero attached hydrogens (tertiary/aromatic N) is 2. The van der Waals surface area contributed by atoms with Crippen LogP contribution in [0.15, 0.2) is 35.9 Å². The van der Waals surface area contributed by atoms with E-state index in [0.717, 1.165) is 11.1 Å². The number of esters is 1.